The minimum Gasteiger partial charge on any atom is -0.491 e. The fourth-order valence-electron chi connectivity index (χ4n) is 1.38. The zero-order valence-electron chi connectivity index (χ0n) is 12.8. The molecule has 0 amide bonds. The molecule has 0 bridgehead atoms. The Hall–Kier alpha value is -1.60. The predicted octanol–water partition coefficient (Wildman–Crippen LogP) is 2.68. The van der Waals surface area contributed by atoms with Crippen LogP contribution in [0.15, 0.2) is 22.7 Å². The molecule has 0 saturated heterocycles. The van der Waals surface area contributed by atoms with Crippen molar-refractivity contribution in [2.24, 2.45) is 0 Å². The molecule has 0 aliphatic rings. The maximum Gasteiger partial charge on any atom is 0.414 e. The van der Waals surface area contributed by atoms with Crippen LogP contribution in [-0.2, 0) is 9.59 Å². The van der Waals surface area contributed by atoms with Crippen molar-refractivity contribution in [3.8, 4) is 5.75 Å². The van der Waals surface area contributed by atoms with Crippen molar-refractivity contribution >= 4 is 27.9 Å². The number of rotatable bonds is 7. The Morgan fingerprint density at radius 3 is 2.36 bits per heavy atom. The fraction of sp³-hybridized carbons (Fsp3) is 0.467. The smallest absolute Gasteiger partial charge is 0.414 e. The van der Waals surface area contributed by atoms with Gasteiger partial charge < -0.3 is 20.3 Å². The van der Waals surface area contributed by atoms with Gasteiger partial charge in [-0.05, 0) is 53.5 Å². The summed E-state index contributed by atoms with van der Waals surface area (Å²) in [4.78, 5) is 18.2. The third-order valence-electron chi connectivity index (χ3n) is 2.51. The van der Waals surface area contributed by atoms with Crippen LogP contribution < -0.4 is 10.1 Å². The lowest BCUT2D eigenvalue weighted by Crippen LogP contribution is -2.22. The highest BCUT2D eigenvalue weighted by molar-refractivity contribution is 9.10. The van der Waals surface area contributed by atoms with Gasteiger partial charge in [0.2, 0.25) is 0 Å². The second-order valence-electron chi connectivity index (χ2n) is 4.50. The summed E-state index contributed by atoms with van der Waals surface area (Å²) in [6.07, 6.45) is 2.46. The number of aryl methyl sites for hydroxylation is 1. The quantitative estimate of drug-likeness (QED) is 0.500. The molecule has 0 aliphatic heterocycles. The van der Waals surface area contributed by atoms with Crippen LogP contribution in [0.1, 0.15) is 25.3 Å². The van der Waals surface area contributed by atoms with Gasteiger partial charge in [0.05, 0.1) is 4.47 Å². The molecule has 1 rings (SSSR count). The van der Waals surface area contributed by atoms with Crippen molar-refractivity contribution in [2.75, 3.05) is 19.7 Å². The highest BCUT2D eigenvalue weighted by Crippen LogP contribution is 2.25. The van der Waals surface area contributed by atoms with Gasteiger partial charge in [0, 0.05) is 6.54 Å². The normalized spacial score (nSPS) is 9.59. The highest BCUT2D eigenvalue weighted by atomic mass is 79.9. The van der Waals surface area contributed by atoms with Gasteiger partial charge in [-0.2, -0.15) is 0 Å². The Balaban J connectivity index is 0.000000626. The average molecular weight is 376 g/mol. The number of hydrogen-bond acceptors (Lipinski definition) is 4. The van der Waals surface area contributed by atoms with Crippen molar-refractivity contribution in [3.63, 3.8) is 0 Å². The van der Waals surface area contributed by atoms with E-state index in [1.807, 2.05) is 6.07 Å². The maximum absolute atomic E-state index is 9.10. The summed E-state index contributed by atoms with van der Waals surface area (Å²) in [6, 6.07) is 6.13. The number of halogens is 1. The molecule has 124 valence electrons. The van der Waals surface area contributed by atoms with Gasteiger partial charge in [0.15, 0.2) is 0 Å². The predicted molar refractivity (Wildman–Crippen MR) is 87.4 cm³/mol. The number of ether oxygens (including phenoxy) is 1. The Kier molecular flexibility index (Phi) is 11.1. The standard InChI is InChI=1S/C13H20BrNO.C2H2O4/c1-3-4-7-15-8-9-16-13-6-5-11(2)10-12(13)14;3-1(4)2(5)6/h5-6,10,15H,3-4,7-9H2,1-2H3;(H,3,4)(H,5,6). The minimum absolute atomic E-state index is 0.714. The first-order chi connectivity index (χ1) is 10.4. The third-order valence-corrected chi connectivity index (χ3v) is 3.13. The molecule has 1 aromatic rings. The zero-order chi connectivity index (χ0) is 17.0. The van der Waals surface area contributed by atoms with E-state index in [1.54, 1.807) is 0 Å². The van der Waals surface area contributed by atoms with Crippen molar-refractivity contribution in [1.82, 2.24) is 5.32 Å². The highest BCUT2D eigenvalue weighted by Gasteiger charge is 2.04. The van der Waals surface area contributed by atoms with Gasteiger partial charge in [-0.3, -0.25) is 0 Å². The first-order valence-corrected chi connectivity index (χ1v) is 7.73. The van der Waals surface area contributed by atoms with Gasteiger partial charge in [0.1, 0.15) is 12.4 Å². The molecule has 0 atom stereocenters. The molecule has 0 radical (unpaired) electrons. The average Bonchev–Trinajstić information content (AvgIpc) is 2.45. The lowest BCUT2D eigenvalue weighted by molar-refractivity contribution is -0.159. The van der Waals surface area contributed by atoms with E-state index < -0.39 is 11.9 Å². The molecule has 0 unspecified atom stereocenters. The van der Waals surface area contributed by atoms with Crippen LogP contribution in [0.4, 0.5) is 0 Å². The van der Waals surface area contributed by atoms with E-state index in [0.29, 0.717) is 6.61 Å². The van der Waals surface area contributed by atoms with Crippen molar-refractivity contribution in [2.45, 2.75) is 26.7 Å². The molecular formula is C15H22BrNO5. The molecule has 3 N–H and O–H groups in total. The van der Waals surface area contributed by atoms with Gasteiger partial charge in [0.25, 0.3) is 0 Å². The molecule has 0 aromatic heterocycles. The topological polar surface area (TPSA) is 95.9 Å². The van der Waals surface area contributed by atoms with E-state index in [0.717, 1.165) is 23.3 Å². The summed E-state index contributed by atoms with van der Waals surface area (Å²) in [7, 11) is 0. The van der Waals surface area contributed by atoms with Crippen LogP contribution in [0.3, 0.4) is 0 Å². The molecular weight excluding hydrogens is 354 g/mol. The Labute approximate surface area is 138 Å². The first-order valence-electron chi connectivity index (χ1n) is 6.94. The molecule has 0 heterocycles. The number of carbonyl (C=O) groups is 2. The third kappa shape index (κ3) is 10.2. The summed E-state index contributed by atoms with van der Waals surface area (Å²) in [5, 5.41) is 18.1. The van der Waals surface area contributed by atoms with Crippen molar-refractivity contribution in [3.05, 3.63) is 28.2 Å². The number of unbranched alkanes of at least 4 members (excludes halogenated alkanes) is 1. The summed E-state index contributed by atoms with van der Waals surface area (Å²) in [5.41, 5.74) is 1.24. The second kappa shape index (κ2) is 12.0. The zero-order valence-corrected chi connectivity index (χ0v) is 14.4. The molecule has 0 aliphatic carbocycles. The van der Waals surface area contributed by atoms with Gasteiger partial charge in [-0.25, -0.2) is 9.59 Å². The van der Waals surface area contributed by atoms with E-state index in [-0.39, 0.29) is 0 Å². The summed E-state index contributed by atoms with van der Waals surface area (Å²) < 4.78 is 6.69. The number of hydrogen-bond donors (Lipinski definition) is 3. The summed E-state index contributed by atoms with van der Waals surface area (Å²) in [5.74, 6) is -2.73. The van der Waals surface area contributed by atoms with Crippen LogP contribution in [0.5, 0.6) is 5.75 Å². The Morgan fingerprint density at radius 2 is 1.86 bits per heavy atom. The maximum atomic E-state index is 9.10. The molecule has 0 spiro atoms. The monoisotopic (exact) mass is 375 g/mol. The lowest BCUT2D eigenvalue weighted by Gasteiger charge is -2.09. The largest absolute Gasteiger partial charge is 0.491 e. The van der Waals surface area contributed by atoms with Gasteiger partial charge >= 0.3 is 11.9 Å². The first kappa shape index (κ1) is 20.4. The van der Waals surface area contributed by atoms with Crippen LogP contribution in [0.2, 0.25) is 0 Å². The molecule has 7 heteroatoms. The number of aliphatic carboxylic acids is 2. The van der Waals surface area contributed by atoms with Crippen molar-refractivity contribution in [1.29, 1.82) is 0 Å². The molecule has 0 fully saturated rings. The van der Waals surface area contributed by atoms with E-state index in [1.165, 1.54) is 18.4 Å². The summed E-state index contributed by atoms with van der Waals surface area (Å²) in [6.45, 7) is 6.96. The van der Waals surface area contributed by atoms with Crippen LogP contribution in [0, 0.1) is 6.92 Å². The van der Waals surface area contributed by atoms with E-state index in [4.69, 9.17) is 24.5 Å². The molecule has 22 heavy (non-hydrogen) atoms. The number of nitrogens with one attached hydrogen (secondary N) is 1. The molecule has 6 nitrogen and oxygen atoms in total. The Morgan fingerprint density at radius 1 is 1.23 bits per heavy atom. The van der Waals surface area contributed by atoms with E-state index in [9.17, 15) is 0 Å². The Bertz CT molecular complexity index is 467. The van der Waals surface area contributed by atoms with Crippen LogP contribution in [-0.4, -0.2) is 41.8 Å². The lowest BCUT2D eigenvalue weighted by atomic mass is 10.2. The number of carboxylic acid groups (broad SMARTS) is 2. The van der Waals surface area contributed by atoms with Crippen LogP contribution >= 0.6 is 15.9 Å². The van der Waals surface area contributed by atoms with Gasteiger partial charge in [-0.15, -0.1) is 0 Å². The molecule has 1 aromatic carbocycles. The second-order valence-corrected chi connectivity index (χ2v) is 5.35. The summed E-state index contributed by atoms with van der Waals surface area (Å²) >= 11 is 3.50. The van der Waals surface area contributed by atoms with E-state index >= 15 is 0 Å². The molecule has 0 saturated carbocycles. The van der Waals surface area contributed by atoms with E-state index in [2.05, 4.69) is 47.2 Å². The fourth-order valence-corrected chi connectivity index (χ4v) is 1.99. The minimum atomic E-state index is -1.82. The van der Waals surface area contributed by atoms with Crippen molar-refractivity contribution < 1.29 is 24.5 Å². The van der Waals surface area contributed by atoms with Gasteiger partial charge in [-0.1, -0.05) is 19.4 Å². The number of carboxylic acids is 2. The SMILES string of the molecule is CCCCNCCOc1ccc(C)cc1Br.O=C(O)C(=O)O. The van der Waals surface area contributed by atoms with Crippen LogP contribution in [0.25, 0.3) is 0 Å². The number of benzene rings is 1.